The van der Waals surface area contributed by atoms with Gasteiger partial charge in [-0.15, -0.1) is 8.58 Å². The summed E-state index contributed by atoms with van der Waals surface area (Å²) in [6, 6.07) is 0.605. The second-order valence-corrected chi connectivity index (χ2v) is 5.30. The van der Waals surface area contributed by atoms with Gasteiger partial charge in [-0.3, -0.25) is 4.90 Å². The van der Waals surface area contributed by atoms with Gasteiger partial charge in [0.2, 0.25) is 0 Å². The van der Waals surface area contributed by atoms with Crippen LogP contribution in [-0.4, -0.2) is 30.4 Å². The Balaban J connectivity index is 4.41. The van der Waals surface area contributed by atoms with Crippen LogP contribution >= 0.6 is 8.58 Å². The van der Waals surface area contributed by atoms with Crippen molar-refractivity contribution in [2.75, 3.05) is 13.7 Å². The molecule has 0 radical (unpaired) electrons. The van der Waals surface area contributed by atoms with Crippen molar-refractivity contribution in [1.29, 1.82) is 0 Å². The van der Waals surface area contributed by atoms with Crippen LogP contribution in [0.25, 0.3) is 0 Å². The van der Waals surface area contributed by atoms with E-state index in [0.717, 1.165) is 8.58 Å². The van der Waals surface area contributed by atoms with Crippen molar-refractivity contribution < 1.29 is 0 Å². The number of hydrogen-bond donors (Lipinski definition) is 0. The van der Waals surface area contributed by atoms with E-state index in [1.807, 2.05) is 0 Å². The van der Waals surface area contributed by atoms with Crippen LogP contribution in [0.3, 0.4) is 0 Å². The zero-order chi connectivity index (χ0) is 10.6. The summed E-state index contributed by atoms with van der Waals surface area (Å²) in [5.41, 5.74) is 1.37. The number of nitrogens with zero attached hydrogens (tertiary/aromatic N) is 1. The van der Waals surface area contributed by atoms with E-state index in [2.05, 4.69) is 52.9 Å². The highest BCUT2D eigenvalue weighted by Crippen LogP contribution is 2.29. The van der Waals surface area contributed by atoms with Gasteiger partial charge >= 0.3 is 0 Å². The molecule has 13 heavy (non-hydrogen) atoms. The predicted molar refractivity (Wildman–Crippen MR) is 64.9 cm³/mol. The molecule has 0 rings (SSSR count). The molecule has 0 aromatic carbocycles. The molecule has 0 aliphatic heterocycles. The predicted octanol–water partition coefficient (Wildman–Crippen LogP) is 3.17. The molecule has 0 saturated heterocycles. The van der Waals surface area contributed by atoms with Crippen molar-refractivity contribution in [3.63, 3.8) is 0 Å². The Morgan fingerprint density at radius 1 is 1.23 bits per heavy atom. The summed E-state index contributed by atoms with van der Waals surface area (Å²) in [5.74, 6) is 1.17. The Labute approximate surface area is 85.4 Å². The summed E-state index contributed by atoms with van der Waals surface area (Å²) in [5, 5.41) is 0. The molecular formula is C11H24NP. The van der Waals surface area contributed by atoms with Crippen molar-refractivity contribution in [2.45, 2.75) is 39.5 Å². The van der Waals surface area contributed by atoms with Crippen molar-refractivity contribution >= 4 is 8.58 Å². The van der Waals surface area contributed by atoms with Crippen LogP contribution in [0, 0.1) is 5.92 Å². The van der Waals surface area contributed by atoms with E-state index in [-0.39, 0.29) is 0 Å². The lowest BCUT2D eigenvalue weighted by atomic mass is 10.0. The minimum Gasteiger partial charge on any atom is -0.294 e. The van der Waals surface area contributed by atoms with Gasteiger partial charge in [-0.05, 0) is 33.5 Å². The molecular weight excluding hydrogens is 177 g/mol. The fourth-order valence-electron chi connectivity index (χ4n) is 1.26. The molecule has 0 bridgehead atoms. The van der Waals surface area contributed by atoms with Crippen LogP contribution in [-0.2, 0) is 0 Å². The third kappa shape index (κ3) is 3.79. The number of hydrogen-bond acceptors (Lipinski definition) is 1. The topological polar surface area (TPSA) is 3.24 Å². The van der Waals surface area contributed by atoms with E-state index < -0.39 is 0 Å². The minimum absolute atomic E-state index is 0.569. The van der Waals surface area contributed by atoms with Crippen molar-refractivity contribution in [3.8, 4) is 0 Å². The molecule has 0 saturated carbocycles. The third-order valence-corrected chi connectivity index (χ3v) is 3.91. The van der Waals surface area contributed by atoms with E-state index in [1.54, 1.807) is 0 Å². The monoisotopic (exact) mass is 201 g/mol. The minimum atomic E-state index is 0.569. The van der Waals surface area contributed by atoms with Gasteiger partial charge in [-0.1, -0.05) is 26.0 Å². The average Bonchev–Trinajstić information content (AvgIpc) is 2.04. The van der Waals surface area contributed by atoms with Gasteiger partial charge in [-0.25, -0.2) is 0 Å². The van der Waals surface area contributed by atoms with Crippen LogP contribution < -0.4 is 0 Å². The Hall–Kier alpha value is 0.130. The zero-order valence-corrected chi connectivity index (χ0v) is 10.9. The Morgan fingerprint density at radius 3 is 1.92 bits per heavy atom. The van der Waals surface area contributed by atoms with Gasteiger partial charge in [0, 0.05) is 11.8 Å². The van der Waals surface area contributed by atoms with Crippen LogP contribution in [0.15, 0.2) is 12.2 Å². The summed E-state index contributed by atoms with van der Waals surface area (Å²) >= 11 is 0. The molecule has 0 aromatic heterocycles. The van der Waals surface area contributed by atoms with Crippen LogP contribution in [0.2, 0.25) is 0 Å². The normalized spacial score (nSPS) is 15.2. The van der Waals surface area contributed by atoms with Gasteiger partial charge in [0.15, 0.2) is 0 Å². The molecule has 2 atom stereocenters. The van der Waals surface area contributed by atoms with Crippen molar-refractivity contribution in [3.05, 3.63) is 12.2 Å². The summed E-state index contributed by atoms with van der Waals surface area (Å²) in [7, 11) is 3.12. The first-order valence-electron chi connectivity index (χ1n) is 4.99. The smallest absolute Gasteiger partial charge is 0.0474 e. The maximum atomic E-state index is 4.19. The van der Waals surface area contributed by atoms with Crippen LogP contribution in [0.4, 0.5) is 0 Å². The fraction of sp³-hybridized carbons (Fsp3) is 0.818. The molecule has 0 N–H and O–H groups in total. The number of likely N-dealkylation sites (N-methyl/N-ethyl adjacent to an activating group) is 1. The maximum absolute atomic E-state index is 4.19. The second-order valence-electron chi connectivity index (χ2n) is 4.18. The molecule has 0 heterocycles. The van der Waals surface area contributed by atoms with E-state index in [9.17, 15) is 0 Å². The van der Waals surface area contributed by atoms with Crippen LogP contribution in [0.5, 0.6) is 0 Å². The first kappa shape index (κ1) is 13.1. The second kappa shape index (κ2) is 5.78. The summed E-state index contributed by atoms with van der Waals surface area (Å²) in [6.45, 7) is 15.4. The van der Waals surface area contributed by atoms with Gasteiger partial charge in [0.1, 0.15) is 0 Å². The Morgan fingerprint density at radius 2 is 1.69 bits per heavy atom. The van der Waals surface area contributed by atoms with E-state index in [0.29, 0.717) is 17.7 Å². The molecule has 0 fully saturated rings. The maximum Gasteiger partial charge on any atom is 0.0474 e. The van der Waals surface area contributed by atoms with E-state index >= 15 is 0 Å². The summed E-state index contributed by atoms with van der Waals surface area (Å²) < 4.78 is 0. The van der Waals surface area contributed by atoms with Crippen LogP contribution in [0.1, 0.15) is 27.7 Å². The average molecular weight is 201 g/mol. The van der Waals surface area contributed by atoms with Crippen molar-refractivity contribution in [2.24, 2.45) is 5.92 Å². The molecule has 0 spiro atoms. The first-order valence-corrected chi connectivity index (χ1v) is 6.57. The lowest BCUT2D eigenvalue weighted by molar-refractivity contribution is 0.267. The Kier molecular flexibility index (Phi) is 5.83. The lowest BCUT2D eigenvalue weighted by Crippen LogP contribution is -2.36. The highest BCUT2D eigenvalue weighted by atomic mass is 31.1. The van der Waals surface area contributed by atoms with Gasteiger partial charge in [0.05, 0.1) is 0 Å². The van der Waals surface area contributed by atoms with Crippen molar-refractivity contribution in [1.82, 2.24) is 4.90 Å². The molecule has 78 valence electrons. The molecule has 2 unspecified atom stereocenters. The molecule has 0 aromatic rings. The summed E-state index contributed by atoms with van der Waals surface area (Å²) in [4.78, 5) is 2.42. The van der Waals surface area contributed by atoms with Gasteiger partial charge < -0.3 is 0 Å². The molecule has 0 aliphatic carbocycles. The zero-order valence-electron chi connectivity index (χ0n) is 9.89. The van der Waals surface area contributed by atoms with Gasteiger partial charge in [0.25, 0.3) is 0 Å². The summed E-state index contributed by atoms with van der Waals surface area (Å²) in [6.07, 6.45) is 0. The number of rotatable bonds is 5. The molecule has 0 amide bonds. The highest BCUT2D eigenvalue weighted by molar-refractivity contribution is 7.38. The first-order chi connectivity index (χ1) is 5.91. The molecule has 1 nitrogen and oxygen atoms in total. The molecule has 2 heteroatoms. The molecule has 0 aliphatic rings. The highest BCUT2D eigenvalue weighted by Gasteiger charge is 2.19. The van der Waals surface area contributed by atoms with E-state index in [4.69, 9.17) is 0 Å². The van der Waals surface area contributed by atoms with Gasteiger partial charge in [-0.2, -0.15) is 0 Å². The third-order valence-electron chi connectivity index (χ3n) is 2.59. The fourth-order valence-corrected chi connectivity index (χ4v) is 2.67. The standard InChI is InChI=1S/C11H24NP/c1-8(2)10(5)11(13-7)12(6)9(3)4/h8-9,11,13H,5H2,1-4,6-7H3. The SMILES string of the molecule is C=C(C(C)C)C(PC)N(C)C(C)C. The quantitative estimate of drug-likeness (QED) is 0.488. The largest absolute Gasteiger partial charge is 0.294 e. The van der Waals surface area contributed by atoms with E-state index in [1.165, 1.54) is 5.57 Å². The lowest BCUT2D eigenvalue weighted by Gasteiger charge is -2.33. The Bertz CT molecular complexity index is 163.